The largest absolute Gasteiger partial charge is 0.397 e. The minimum absolute atomic E-state index is 0.173. The topological polar surface area (TPSA) is 55.1 Å². The molecular weight excluding hydrogens is 274 g/mol. The summed E-state index contributed by atoms with van der Waals surface area (Å²) in [4.78, 5) is 11.9. The smallest absolute Gasteiger partial charge is 0.257 e. The zero-order chi connectivity index (χ0) is 14.0. The monoisotopic (exact) mass is 282 g/mol. The van der Waals surface area contributed by atoms with Crippen LogP contribution in [-0.4, -0.2) is 5.91 Å². The third kappa shape index (κ3) is 2.82. The standard InChI is InChI=1S/C13H9ClF2N2O/c14-9-4-2-1-3-8(9)13(19)18-12-10(16)5-7(15)6-11(12)17/h1-6H,17H2,(H,18,19). The first-order valence-corrected chi connectivity index (χ1v) is 5.67. The van der Waals surface area contributed by atoms with Crippen LogP contribution in [0.4, 0.5) is 20.2 Å². The number of amides is 1. The molecule has 0 heterocycles. The van der Waals surface area contributed by atoms with Crippen molar-refractivity contribution in [3.63, 3.8) is 0 Å². The molecule has 0 fully saturated rings. The lowest BCUT2D eigenvalue weighted by atomic mass is 10.2. The Morgan fingerprint density at radius 3 is 2.53 bits per heavy atom. The summed E-state index contributed by atoms with van der Waals surface area (Å²) in [6.07, 6.45) is 0. The van der Waals surface area contributed by atoms with E-state index >= 15 is 0 Å². The number of hydrogen-bond donors (Lipinski definition) is 2. The van der Waals surface area contributed by atoms with E-state index in [-0.39, 0.29) is 22.0 Å². The molecule has 0 aliphatic carbocycles. The number of nitrogens with one attached hydrogen (secondary N) is 1. The van der Waals surface area contributed by atoms with Crippen LogP contribution in [0.2, 0.25) is 5.02 Å². The van der Waals surface area contributed by atoms with Gasteiger partial charge in [0.05, 0.1) is 16.3 Å². The zero-order valence-electron chi connectivity index (χ0n) is 9.58. The molecule has 19 heavy (non-hydrogen) atoms. The van der Waals surface area contributed by atoms with Crippen molar-refractivity contribution in [1.82, 2.24) is 0 Å². The maximum Gasteiger partial charge on any atom is 0.257 e. The Balaban J connectivity index is 2.32. The first-order valence-electron chi connectivity index (χ1n) is 5.29. The molecule has 0 radical (unpaired) electrons. The van der Waals surface area contributed by atoms with Crippen LogP contribution < -0.4 is 11.1 Å². The molecule has 3 N–H and O–H groups in total. The number of benzene rings is 2. The van der Waals surface area contributed by atoms with Gasteiger partial charge in [0, 0.05) is 6.07 Å². The van der Waals surface area contributed by atoms with Gasteiger partial charge in [0.25, 0.3) is 5.91 Å². The van der Waals surface area contributed by atoms with Crippen molar-refractivity contribution in [2.75, 3.05) is 11.1 Å². The van der Waals surface area contributed by atoms with Crippen molar-refractivity contribution >= 4 is 28.9 Å². The molecule has 0 aliphatic heterocycles. The van der Waals surface area contributed by atoms with Gasteiger partial charge < -0.3 is 11.1 Å². The van der Waals surface area contributed by atoms with E-state index in [1.165, 1.54) is 12.1 Å². The maximum absolute atomic E-state index is 13.5. The second-order valence-electron chi connectivity index (χ2n) is 3.79. The molecule has 0 spiro atoms. The van der Waals surface area contributed by atoms with Gasteiger partial charge in [0.15, 0.2) is 5.82 Å². The normalized spacial score (nSPS) is 10.3. The van der Waals surface area contributed by atoms with Crippen molar-refractivity contribution in [1.29, 1.82) is 0 Å². The molecule has 0 saturated heterocycles. The highest BCUT2D eigenvalue weighted by molar-refractivity contribution is 6.34. The van der Waals surface area contributed by atoms with Gasteiger partial charge in [-0.3, -0.25) is 4.79 Å². The molecule has 2 aromatic rings. The lowest BCUT2D eigenvalue weighted by molar-refractivity contribution is 0.102. The van der Waals surface area contributed by atoms with Crippen LogP contribution in [0.3, 0.4) is 0 Å². The molecule has 98 valence electrons. The summed E-state index contributed by atoms with van der Waals surface area (Å²) in [6.45, 7) is 0. The van der Waals surface area contributed by atoms with E-state index < -0.39 is 17.5 Å². The van der Waals surface area contributed by atoms with Gasteiger partial charge in [-0.2, -0.15) is 0 Å². The van der Waals surface area contributed by atoms with E-state index in [4.69, 9.17) is 17.3 Å². The molecule has 2 rings (SSSR count). The molecule has 0 bridgehead atoms. The number of nitrogens with two attached hydrogens (primary N) is 1. The predicted octanol–water partition coefficient (Wildman–Crippen LogP) is 3.45. The fourth-order valence-corrected chi connectivity index (χ4v) is 1.77. The lowest BCUT2D eigenvalue weighted by Crippen LogP contribution is -2.15. The highest BCUT2D eigenvalue weighted by atomic mass is 35.5. The van der Waals surface area contributed by atoms with Crippen LogP contribution in [0.1, 0.15) is 10.4 Å². The fraction of sp³-hybridized carbons (Fsp3) is 0. The average Bonchev–Trinajstić information content (AvgIpc) is 2.34. The van der Waals surface area contributed by atoms with Crippen molar-refractivity contribution in [3.8, 4) is 0 Å². The quantitative estimate of drug-likeness (QED) is 0.829. The highest BCUT2D eigenvalue weighted by Gasteiger charge is 2.15. The first-order chi connectivity index (χ1) is 8.99. The molecule has 6 heteroatoms. The highest BCUT2D eigenvalue weighted by Crippen LogP contribution is 2.25. The number of hydrogen-bond acceptors (Lipinski definition) is 2. The Bertz CT molecular complexity index is 623. The van der Waals surface area contributed by atoms with Crippen molar-refractivity contribution < 1.29 is 13.6 Å². The van der Waals surface area contributed by atoms with Crippen LogP contribution in [0.25, 0.3) is 0 Å². The Kier molecular flexibility index (Phi) is 3.66. The third-order valence-corrected chi connectivity index (χ3v) is 2.77. The number of carbonyl (C=O) groups is 1. The van der Waals surface area contributed by atoms with E-state index in [1.807, 2.05) is 0 Å². The molecule has 0 aromatic heterocycles. The van der Waals surface area contributed by atoms with Gasteiger partial charge in [-0.15, -0.1) is 0 Å². The summed E-state index contributed by atoms with van der Waals surface area (Å²) in [6, 6.07) is 7.84. The molecule has 0 aliphatic rings. The maximum atomic E-state index is 13.5. The molecule has 0 atom stereocenters. The minimum atomic E-state index is -0.946. The van der Waals surface area contributed by atoms with Gasteiger partial charge in [-0.1, -0.05) is 23.7 Å². The summed E-state index contributed by atoms with van der Waals surface area (Å²) in [7, 11) is 0. The second kappa shape index (κ2) is 5.24. The molecule has 3 nitrogen and oxygen atoms in total. The van der Waals surface area contributed by atoms with Crippen LogP contribution in [-0.2, 0) is 0 Å². The number of rotatable bonds is 2. The number of carbonyl (C=O) groups excluding carboxylic acids is 1. The number of nitrogen functional groups attached to an aromatic ring is 1. The van der Waals surface area contributed by atoms with Crippen molar-refractivity contribution in [3.05, 3.63) is 58.6 Å². The summed E-state index contributed by atoms with van der Waals surface area (Å²) >= 11 is 5.84. The van der Waals surface area contributed by atoms with E-state index in [0.717, 1.165) is 6.07 Å². The minimum Gasteiger partial charge on any atom is -0.397 e. The Hall–Kier alpha value is -2.14. The van der Waals surface area contributed by atoms with Crippen LogP contribution in [0, 0.1) is 11.6 Å². The van der Waals surface area contributed by atoms with E-state index in [0.29, 0.717) is 6.07 Å². The number of halogens is 3. The summed E-state index contributed by atoms with van der Waals surface area (Å²) < 4.78 is 26.4. The van der Waals surface area contributed by atoms with Crippen LogP contribution in [0.5, 0.6) is 0 Å². The molecule has 1 amide bonds. The van der Waals surface area contributed by atoms with Crippen LogP contribution >= 0.6 is 11.6 Å². The SMILES string of the molecule is Nc1cc(F)cc(F)c1NC(=O)c1ccccc1Cl. The van der Waals surface area contributed by atoms with Gasteiger partial charge in [-0.05, 0) is 18.2 Å². The van der Waals surface area contributed by atoms with Crippen molar-refractivity contribution in [2.24, 2.45) is 0 Å². The van der Waals surface area contributed by atoms with Crippen molar-refractivity contribution in [2.45, 2.75) is 0 Å². The second-order valence-corrected chi connectivity index (χ2v) is 4.19. The summed E-state index contributed by atoms with van der Waals surface area (Å²) in [5.41, 5.74) is 5.16. The van der Waals surface area contributed by atoms with Gasteiger partial charge in [0.1, 0.15) is 11.5 Å². The molecular formula is C13H9ClF2N2O. The summed E-state index contributed by atoms with van der Waals surface area (Å²) in [5, 5.41) is 2.50. The Morgan fingerprint density at radius 1 is 1.21 bits per heavy atom. The van der Waals surface area contributed by atoms with Gasteiger partial charge in [0.2, 0.25) is 0 Å². The van der Waals surface area contributed by atoms with Gasteiger partial charge in [-0.25, -0.2) is 8.78 Å². The fourth-order valence-electron chi connectivity index (χ4n) is 1.55. The van der Waals surface area contributed by atoms with E-state index in [9.17, 15) is 13.6 Å². The number of anilines is 2. The lowest BCUT2D eigenvalue weighted by Gasteiger charge is -2.10. The Labute approximate surface area is 113 Å². The first kappa shape index (κ1) is 13.3. The van der Waals surface area contributed by atoms with Crippen LogP contribution in [0.15, 0.2) is 36.4 Å². The van der Waals surface area contributed by atoms with E-state index in [1.54, 1.807) is 12.1 Å². The summed E-state index contributed by atoms with van der Waals surface area (Å²) in [5.74, 6) is -2.38. The predicted molar refractivity (Wildman–Crippen MR) is 70.2 cm³/mol. The molecule has 0 saturated carbocycles. The third-order valence-electron chi connectivity index (χ3n) is 2.44. The molecule has 0 unspecified atom stereocenters. The van der Waals surface area contributed by atoms with Gasteiger partial charge >= 0.3 is 0 Å². The molecule has 2 aromatic carbocycles. The zero-order valence-corrected chi connectivity index (χ0v) is 10.3. The average molecular weight is 283 g/mol. The van der Waals surface area contributed by atoms with E-state index in [2.05, 4.69) is 5.32 Å². The Morgan fingerprint density at radius 2 is 1.89 bits per heavy atom.